The van der Waals surface area contributed by atoms with Gasteiger partial charge in [-0.05, 0) is 12.2 Å². The van der Waals surface area contributed by atoms with Crippen LogP contribution in [0.5, 0.6) is 0 Å². The highest BCUT2D eigenvalue weighted by molar-refractivity contribution is 7.99. The summed E-state index contributed by atoms with van der Waals surface area (Å²) in [4.78, 5) is 17.9. The van der Waals surface area contributed by atoms with Crippen LogP contribution in [0.3, 0.4) is 0 Å². The Hall–Kier alpha value is -0.750. The van der Waals surface area contributed by atoms with Crippen molar-refractivity contribution in [3.63, 3.8) is 0 Å². The van der Waals surface area contributed by atoms with Crippen LogP contribution in [0, 0.1) is 0 Å². The van der Waals surface area contributed by atoms with Crippen molar-refractivity contribution < 1.29 is 9.53 Å². The Morgan fingerprint density at radius 2 is 2.50 bits per heavy atom. The van der Waals surface area contributed by atoms with Crippen LogP contribution in [0.25, 0.3) is 0 Å². The Kier molecular flexibility index (Phi) is 4.88. The van der Waals surface area contributed by atoms with Gasteiger partial charge in [0.2, 0.25) is 0 Å². The molecular formula is C12H18N2O2S2. The molecule has 0 aliphatic carbocycles. The summed E-state index contributed by atoms with van der Waals surface area (Å²) >= 11 is 3.66. The number of hydrogen-bond acceptors (Lipinski definition) is 6. The van der Waals surface area contributed by atoms with Gasteiger partial charge in [0.15, 0.2) is 5.13 Å². The van der Waals surface area contributed by atoms with E-state index in [4.69, 9.17) is 0 Å². The number of aryl methyl sites for hydroxylation is 1. The molecule has 1 unspecified atom stereocenters. The molecule has 2 heterocycles. The number of hydrogen-bond donors (Lipinski definition) is 0. The van der Waals surface area contributed by atoms with E-state index in [0.29, 0.717) is 18.9 Å². The molecule has 0 spiro atoms. The summed E-state index contributed by atoms with van der Waals surface area (Å²) in [5.74, 6) is 2.26. The lowest BCUT2D eigenvalue weighted by molar-refractivity contribution is -0.140. The second-order valence-electron chi connectivity index (χ2n) is 4.33. The molecule has 1 atom stereocenters. The van der Waals surface area contributed by atoms with Gasteiger partial charge < -0.3 is 9.64 Å². The highest BCUT2D eigenvalue weighted by Crippen LogP contribution is 2.28. The third kappa shape index (κ3) is 3.38. The van der Waals surface area contributed by atoms with Crippen LogP contribution in [-0.2, 0) is 16.0 Å². The summed E-state index contributed by atoms with van der Waals surface area (Å²) < 4.78 is 4.63. The van der Waals surface area contributed by atoms with E-state index in [0.717, 1.165) is 10.8 Å². The molecule has 18 heavy (non-hydrogen) atoms. The number of esters is 1. The molecule has 1 aliphatic heterocycles. The quantitative estimate of drug-likeness (QED) is 0.776. The van der Waals surface area contributed by atoms with Gasteiger partial charge in [0.1, 0.15) is 0 Å². The Morgan fingerprint density at radius 1 is 1.67 bits per heavy atom. The molecule has 1 aliphatic rings. The average molecular weight is 286 g/mol. The first-order valence-electron chi connectivity index (χ1n) is 6.02. The molecule has 1 fully saturated rings. The molecule has 0 amide bonds. The fourth-order valence-corrected chi connectivity index (χ4v) is 4.05. The van der Waals surface area contributed by atoms with Crippen LogP contribution in [0.1, 0.15) is 18.5 Å². The van der Waals surface area contributed by atoms with E-state index in [-0.39, 0.29) is 5.97 Å². The minimum absolute atomic E-state index is 0.176. The second kappa shape index (κ2) is 6.43. The SMILES string of the molecule is COC(=O)CCc1csc(N(C)C2CCSC2)n1. The van der Waals surface area contributed by atoms with Crippen LogP contribution in [0.4, 0.5) is 5.13 Å². The minimum atomic E-state index is -0.176. The first-order valence-corrected chi connectivity index (χ1v) is 8.06. The monoisotopic (exact) mass is 286 g/mol. The molecule has 0 bridgehead atoms. The number of aromatic nitrogens is 1. The fraction of sp³-hybridized carbons (Fsp3) is 0.667. The first kappa shape index (κ1) is 13.7. The number of thiazole rings is 1. The van der Waals surface area contributed by atoms with E-state index >= 15 is 0 Å². The zero-order valence-corrected chi connectivity index (χ0v) is 12.4. The maximum Gasteiger partial charge on any atom is 0.305 e. The van der Waals surface area contributed by atoms with Crippen molar-refractivity contribution in [2.45, 2.75) is 25.3 Å². The van der Waals surface area contributed by atoms with Gasteiger partial charge in [-0.3, -0.25) is 4.79 Å². The molecular weight excluding hydrogens is 268 g/mol. The standard InChI is InChI=1S/C12H18N2O2S2/c1-14(10-5-6-17-8-10)12-13-9(7-18-12)3-4-11(15)16-2/h7,10H,3-6,8H2,1-2H3. The van der Waals surface area contributed by atoms with Crippen molar-refractivity contribution in [3.05, 3.63) is 11.1 Å². The molecule has 1 aromatic heterocycles. The summed E-state index contributed by atoms with van der Waals surface area (Å²) in [6.45, 7) is 0. The molecule has 0 saturated carbocycles. The number of methoxy groups -OCH3 is 1. The van der Waals surface area contributed by atoms with Crippen LogP contribution in [0.2, 0.25) is 0 Å². The number of thioether (sulfide) groups is 1. The number of carbonyl (C=O) groups is 1. The van der Waals surface area contributed by atoms with Gasteiger partial charge in [-0.15, -0.1) is 11.3 Å². The zero-order chi connectivity index (χ0) is 13.0. The molecule has 2 rings (SSSR count). The third-order valence-electron chi connectivity index (χ3n) is 3.11. The maximum absolute atomic E-state index is 11.1. The van der Waals surface area contributed by atoms with E-state index in [1.807, 2.05) is 17.1 Å². The van der Waals surface area contributed by atoms with Crippen LogP contribution in [0.15, 0.2) is 5.38 Å². The molecule has 0 aromatic carbocycles. The van der Waals surface area contributed by atoms with E-state index in [9.17, 15) is 4.79 Å². The number of ether oxygens (including phenoxy) is 1. The summed E-state index contributed by atoms with van der Waals surface area (Å²) in [7, 11) is 3.53. The van der Waals surface area contributed by atoms with Gasteiger partial charge in [-0.2, -0.15) is 11.8 Å². The van der Waals surface area contributed by atoms with Crippen LogP contribution < -0.4 is 4.90 Å². The van der Waals surface area contributed by atoms with Crippen LogP contribution >= 0.6 is 23.1 Å². The molecule has 0 radical (unpaired) electrons. The van der Waals surface area contributed by atoms with Crippen molar-refractivity contribution in [1.82, 2.24) is 4.98 Å². The largest absolute Gasteiger partial charge is 0.469 e. The summed E-state index contributed by atoms with van der Waals surface area (Å²) in [6, 6.07) is 0.606. The third-order valence-corrected chi connectivity index (χ3v) is 5.23. The molecule has 0 N–H and O–H groups in total. The van der Waals surface area contributed by atoms with Crippen molar-refractivity contribution in [2.24, 2.45) is 0 Å². The Bertz CT molecular complexity index is 403. The lowest BCUT2D eigenvalue weighted by atomic mass is 10.2. The van der Waals surface area contributed by atoms with Gasteiger partial charge in [0, 0.05) is 30.6 Å². The fourth-order valence-electron chi connectivity index (χ4n) is 1.89. The zero-order valence-electron chi connectivity index (χ0n) is 10.7. The maximum atomic E-state index is 11.1. The number of rotatable bonds is 5. The molecule has 6 heteroatoms. The van der Waals surface area contributed by atoms with E-state index < -0.39 is 0 Å². The number of anilines is 1. The smallest absolute Gasteiger partial charge is 0.305 e. The average Bonchev–Trinajstić information content (AvgIpc) is 3.05. The first-order chi connectivity index (χ1) is 8.70. The highest BCUT2D eigenvalue weighted by atomic mass is 32.2. The second-order valence-corrected chi connectivity index (χ2v) is 6.31. The Labute approximate surface area is 116 Å². The van der Waals surface area contributed by atoms with Gasteiger partial charge >= 0.3 is 5.97 Å². The normalized spacial score (nSPS) is 18.9. The topological polar surface area (TPSA) is 42.4 Å². The Morgan fingerprint density at radius 3 is 3.17 bits per heavy atom. The molecule has 4 nitrogen and oxygen atoms in total. The van der Waals surface area contributed by atoms with Crippen molar-refractivity contribution >= 4 is 34.2 Å². The van der Waals surface area contributed by atoms with Crippen molar-refractivity contribution in [1.29, 1.82) is 0 Å². The Balaban J connectivity index is 1.90. The lowest BCUT2D eigenvalue weighted by Gasteiger charge is -2.22. The summed E-state index contributed by atoms with van der Waals surface area (Å²) in [5, 5.41) is 3.10. The lowest BCUT2D eigenvalue weighted by Crippen LogP contribution is -2.31. The predicted molar refractivity (Wildman–Crippen MR) is 76.6 cm³/mol. The van der Waals surface area contributed by atoms with E-state index in [2.05, 4.69) is 21.7 Å². The molecule has 1 saturated heterocycles. The van der Waals surface area contributed by atoms with Gasteiger partial charge in [-0.25, -0.2) is 4.98 Å². The summed E-state index contributed by atoms with van der Waals surface area (Å²) in [5.41, 5.74) is 0.984. The van der Waals surface area contributed by atoms with Crippen molar-refractivity contribution in [2.75, 3.05) is 30.6 Å². The van der Waals surface area contributed by atoms with Gasteiger partial charge in [0.05, 0.1) is 19.2 Å². The number of nitrogens with zero attached hydrogens (tertiary/aromatic N) is 2. The molecule has 100 valence electrons. The van der Waals surface area contributed by atoms with Gasteiger partial charge in [0.25, 0.3) is 0 Å². The van der Waals surface area contributed by atoms with E-state index in [1.54, 1.807) is 11.3 Å². The predicted octanol–water partition coefficient (Wildman–Crippen LogP) is 2.19. The number of carbonyl (C=O) groups excluding carboxylic acids is 1. The van der Waals surface area contributed by atoms with Crippen LogP contribution in [-0.4, -0.2) is 42.7 Å². The highest BCUT2D eigenvalue weighted by Gasteiger charge is 2.22. The van der Waals surface area contributed by atoms with E-state index in [1.165, 1.54) is 25.0 Å². The minimum Gasteiger partial charge on any atom is -0.469 e. The summed E-state index contributed by atoms with van der Waals surface area (Å²) in [6.07, 6.45) is 2.30. The molecule has 1 aromatic rings. The van der Waals surface area contributed by atoms with Crippen molar-refractivity contribution in [3.8, 4) is 0 Å². The van der Waals surface area contributed by atoms with Gasteiger partial charge in [-0.1, -0.05) is 0 Å².